The minimum Gasteiger partial charge on any atom is -0.494 e. The molecule has 0 fully saturated rings. The first-order chi connectivity index (χ1) is 12.8. The van der Waals surface area contributed by atoms with E-state index in [1.807, 2.05) is 24.3 Å². The molecule has 0 saturated carbocycles. The first kappa shape index (κ1) is 20.8. The third-order valence-electron chi connectivity index (χ3n) is 4.60. The lowest BCUT2D eigenvalue weighted by Gasteiger charge is -2.24. The SMILES string of the molecule is CCCCCOc1cccc(N(Cc2ccc(C(C)(C)C)cc2)C(=N)N)c1. The number of unbranched alkanes of at least 4 members (excludes halogenated alkanes) is 2. The summed E-state index contributed by atoms with van der Waals surface area (Å²) in [6.07, 6.45) is 3.40. The van der Waals surface area contributed by atoms with Crippen molar-refractivity contribution in [3.05, 3.63) is 59.7 Å². The number of nitrogens with zero attached hydrogens (tertiary/aromatic N) is 1. The van der Waals surface area contributed by atoms with E-state index in [1.54, 1.807) is 4.90 Å². The van der Waals surface area contributed by atoms with Crippen LogP contribution in [-0.2, 0) is 12.0 Å². The Kier molecular flexibility index (Phi) is 7.28. The number of anilines is 1. The Bertz CT molecular complexity index is 732. The van der Waals surface area contributed by atoms with Crippen molar-refractivity contribution in [2.45, 2.75) is 58.9 Å². The molecule has 3 N–H and O–H groups in total. The molecular weight excluding hydrogens is 334 g/mol. The molecule has 0 spiro atoms. The van der Waals surface area contributed by atoms with Gasteiger partial charge in [0.1, 0.15) is 5.75 Å². The van der Waals surface area contributed by atoms with E-state index in [2.05, 4.69) is 52.0 Å². The molecule has 0 aliphatic rings. The molecule has 2 rings (SSSR count). The molecule has 0 heterocycles. The number of hydrogen-bond acceptors (Lipinski definition) is 2. The fourth-order valence-corrected chi connectivity index (χ4v) is 2.89. The second kappa shape index (κ2) is 9.45. The summed E-state index contributed by atoms with van der Waals surface area (Å²) < 4.78 is 5.84. The van der Waals surface area contributed by atoms with Gasteiger partial charge in [-0.3, -0.25) is 5.41 Å². The molecule has 2 aromatic rings. The van der Waals surface area contributed by atoms with E-state index in [4.69, 9.17) is 15.9 Å². The first-order valence-corrected chi connectivity index (χ1v) is 9.75. The van der Waals surface area contributed by atoms with Gasteiger partial charge in [-0.05, 0) is 35.1 Å². The van der Waals surface area contributed by atoms with Crippen molar-refractivity contribution in [2.24, 2.45) is 5.73 Å². The predicted octanol–water partition coefficient (Wildman–Crippen LogP) is 5.45. The highest BCUT2D eigenvalue weighted by atomic mass is 16.5. The molecule has 0 saturated heterocycles. The lowest BCUT2D eigenvalue weighted by atomic mass is 9.87. The van der Waals surface area contributed by atoms with Crippen molar-refractivity contribution >= 4 is 11.6 Å². The minimum absolute atomic E-state index is 0.0260. The Morgan fingerprint density at radius 2 is 1.78 bits per heavy atom. The predicted molar refractivity (Wildman–Crippen MR) is 115 cm³/mol. The van der Waals surface area contributed by atoms with Gasteiger partial charge in [0.2, 0.25) is 0 Å². The Balaban J connectivity index is 2.12. The van der Waals surface area contributed by atoms with Gasteiger partial charge < -0.3 is 15.4 Å². The average molecular weight is 368 g/mol. The summed E-state index contributed by atoms with van der Waals surface area (Å²) in [5.41, 5.74) is 9.28. The third-order valence-corrected chi connectivity index (χ3v) is 4.60. The van der Waals surface area contributed by atoms with Crippen LogP contribution in [0.15, 0.2) is 48.5 Å². The Hall–Kier alpha value is -2.49. The maximum absolute atomic E-state index is 8.01. The summed E-state index contributed by atoms with van der Waals surface area (Å²) in [6, 6.07) is 16.3. The van der Waals surface area contributed by atoms with Crippen LogP contribution in [0.5, 0.6) is 5.75 Å². The Morgan fingerprint density at radius 3 is 2.37 bits per heavy atom. The number of nitrogens with one attached hydrogen (secondary N) is 1. The van der Waals surface area contributed by atoms with E-state index in [0.29, 0.717) is 13.2 Å². The standard InChI is InChI=1S/C23H33N3O/c1-5-6-7-15-27-21-10-8-9-20(16-21)26(22(24)25)17-18-11-13-19(14-12-18)23(2,3)4/h8-14,16H,5-7,15,17H2,1-4H3,(H3,24,25). The smallest absolute Gasteiger partial charge is 0.193 e. The number of rotatable bonds is 8. The highest BCUT2D eigenvalue weighted by molar-refractivity contribution is 5.92. The topological polar surface area (TPSA) is 62.3 Å². The molecule has 0 amide bonds. The van der Waals surface area contributed by atoms with Crippen molar-refractivity contribution in [1.82, 2.24) is 0 Å². The normalized spacial score (nSPS) is 11.3. The Labute approximate surface area is 163 Å². The summed E-state index contributed by atoms with van der Waals surface area (Å²) in [6.45, 7) is 10.1. The average Bonchev–Trinajstić information content (AvgIpc) is 2.63. The van der Waals surface area contributed by atoms with E-state index in [1.165, 1.54) is 18.4 Å². The molecule has 0 aliphatic carbocycles. The lowest BCUT2D eigenvalue weighted by Crippen LogP contribution is -2.35. The van der Waals surface area contributed by atoms with Crippen LogP contribution in [0.1, 0.15) is 58.1 Å². The van der Waals surface area contributed by atoms with Gasteiger partial charge in [0.25, 0.3) is 0 Å². The quantitative estimate of drug-likeness (QED) is 0.370. The number of ether oxygens (including phenoxy) is 1. The number of nitrogens with two attached hydrogens (primary N) is 1. The fourth-order valence-electron chi connectivity index (χ4n) is 2.89. The van der Waals surface area contributed by atoms with Crippen molar-refractivity contribution in [3.63, 3.8) is 0 Å². The zero-order valence-electron chi connectivity index (χ0n) is 17.1. The molecule has 2 aromatic carbocycles. The molecule has 0 unspecified atom stereocenters. The summed E-state index contributed by atoms with van der Waals surface area (Å²) in [5.74, 6) is 0.843. The fraction of sp³-hybridized carbons (Fsp3) is 0.435. The zero-order valence-corrected chi connectivity index (χ0v) is 17.1. The van der Waals surface area contributed by atoms with Crippen LogP contribution in [-0.4, -0.2) is 12.6 Å². The maximum atomic E-state index is 8.01. The summed E-state index contributed by atoms with van der Waals surface area (Å²) in [7, 11) is 0. The first-order valence-electron chi connectivity index (χ1n) is 9.75. The molecule has 0 aromatic heterocycles. The van der Waals surface area contributed by atoms with Crippen molar-refractivity contribution < 1.29 is 4.74 Å². The van der Waals surface area contributed by atoms with Crippen LogP contribution in [0.4, 0.5) is 5.69 Å². The summed E-state index contributed by atoms with van der Waals surface area (Å²) in [4.78, 5) is 1.80. The van der Waals surface area contributed by atoms with Gasteiger partial charge in [0.05, 0.1) is 13.2 Å². The minimum atomic E-state index is 0.0260. The van der Waals surface area contributed by atoms with Crippen LogP contribution in [0.25, 0.3) is 0 Å². The van der Waals surface area contributed by atoms with E-state index in [0.717, 1.165) is 23.4 Å². The van der Waals surface area contributed by atoms with Crippen LogP contribution >= 0.6 is 0 Å². The van der Waals surface area contributed by atoms with Crippen molar-refractivity contribution in [2.75, 3.05) is 11.5 Å². The van der Waals surface area contributed by atoms with E-state index < -0.39 is 0 Å². The van der Waals surface area contributed by atoms with Gasteiger partial charge in [0, 0.05) is 11.8 Å². The van der Waals surface area contributed by atoms with Crippen LogP contribution in [0, 0.1) is 5.41 Å². The molecule has 4 nitrogen and oxygen atoms in total. The van der Waals surface area contributed by atoms with E-state index in [9.17, 15) is 0 Å². The third kappa shape index (κ3) is 6.31. The highest BCUT2D eigenvalue weighted by Gasteiger charge is 2.15. The van der Waals surface area contributed by atoms with Gasteiger partial charge in [-0.25, -0.2) is 0 Å². The molecular formula is C23H33N3O. The van der Waals surface area contributed by atoms with Crippen molar-refractivity contribution in [3.8, 4) is 5.75 Å². The zero-order chi connectivity index (χ0) is 19.9. The van der Waals surface area contributed by atoms with E-state index in [-0.39, 0.29) is 11.4 Å². The van der Waals surface area contributed by atoms with Crippen LogP contribution in [0.3, 0.4) is 0 Å². The molecule has 146 valence electrons. The van der Waals surface area contributed by atoms with Gasteiger partial charge in [-0.15, -0.1) is 0 Å². The lowest BCUT2D eigenvalue weighted by molar-refractivity contribution is 0.306. The molecule has 4 heteroatoms. The van der Waals surface area contributed by atoms with E-state index >= 15 is 0 Å². The van der Waals surface area contributed by atoms with Gasteiger partial charge in [-0.2, -0.15) is 0 Å². The number of hydrogen-bond donors (Lipinski definition) is 2. The van der Waals surface area contributed by atoms with Gasteiger partial charge >= 0.3 is 0 Å². The molecule has 27 heavy (non-hydrogen) atoms. The molecule has 0 bridgehead atoms. The second-order valence-electron chi connectivity index (χ2n) is 7.97. The van der Waals surface area contributed by atoms with Crippen LogP contribution < -0.4 is 15.4 Å². The van der Waals surface area contributed by atoms with Crippen LogP contribution in [0.2, 0.25) is 0 Å². The Morgan fingerprint density at radius 1 is 1.07 bits per heavy atom. The summed E-state index contributed by atoms with van der Waals surface area (Å²) >= 11 is 0. The molecule has 0 aliphatic heterocycles. The number of guanidine groups is 1. The highest BCUT2D eigenvalue weighted by Crippen LogP contribution is 2.25. The largest absolute Gasteiger partial charge is 0.494 e. The maximum Gasteiger partial charge on any atom is 0.193 e. The second-order valence-corrected chi connectivity index (χ2v) is 7.97. The van der Waals surface area contributed by atoms with Gasteiger partial charge in [0.15, 0.2) is 5.96 Å². The summed E-state index contributed by atoms with van der Waals surface area (Å²) in [5, 5.41) is 8.01. The molecule has 0 atom stereocenters. The van der Waals surface area contributed by atoms with Gasteiger partial charge in [-0.1, -0.05) is 70.9 Å². The molecule has 0 radical (unpaired) electrons. The monoisotopic (exact) mass is 367 g/mol. The van der Waals surface area contributed by atoms with Crippen molar-refractivity contribution in [1.29, 1.82) is 5.41 Å². The number of benzene rings is 2.